The molecule has 1 aliphatic rings. The number of ether oxygens (including phenoxy) is 1. The summed E-state index contributed by atoms with van der Waals surface area (Å²) in [6.07, 6.45) is 2.38. The second-order valence-electron chi connectivity index (χ2n) is 4.54. The maximum atomic E-state index is 12.0. The van der Waals surface area contributed by atoms with Gasteiger partial charge in [0, 0.05) is 25.1 Å². The van der Waals surface area contributed by atoms with E-state index in [1.165, 1.54) is 0 Å². The molecule has 2 rings (SSSR count). The molecule has 1 aliphatic heterocycles. The Bertz CT molecular complexity index is 471. The zero-order valence-corrected chi connectivity index (χ0v) is 11.3. The smallest absolute Gasteiger partial charge is 0.164 e. The quantitative estimate of drug-likeness (QED) is 0.626. The normalized spacial score (nSPS) is 13.6. The van der Waals surface area contributed by atoms with Crippen molar-refractivity contribution in [2.24, 2.45) is 0 Å². The minimum absolute atomic E-state index is 0.154. The van der Waals surface area contributed by atoms with Crippen LogP contribution in [0.5, 0.6) is 5.75 Å². The molecular weight excluding hydrogens is 240 g/mol. The molecule has 4 nitrogen and oxygen atoms in total. The number of hydrogen-bond acceptors (Lipinski definition) is 4. The van der Waals surface area contributed by atoms with Crippen molar-refractivity contribution in [1.29, 1.82) is 0 Å². The highest BCUT2D eigenvalue weighted by Gasteiger charge is 2.18. The highest BCUT2D eigenvalue weighted by molar-refractivity contribution is 5.97. The van der Waals surface area contributed by atoms with Crippen molar-refractivity contribution in [3.63, 3.8) is 0 Å². The first-order valence-corrected chi connectivity index (χ1v) is 6.56. The van der Waals surface area contributed by atoms with Gasteiger partial charge in [0.25, 0.3) is 0 Å². The summed E-state index contributed by atoms with van der Waals surface area (Å²) in [6.45, 7) is 6.73. The highest BCUT2D eigenvalue weighted by atomic mass is 16.5. The second kappa shape index (κ2) is 6.38. The maximum Gasteiger partial charge on any atom is 0.164 e. The number of nitrogens with one attached hydrogen (secondary N) is 1. The molecule has 0 saturated carbocycles. The van der Waals surface area contributed by atoms with Crippen LogP contribution < -0.4 is 15.0 Å². The summed E-state index contributed by atoms with van der Waals surface area (Å²) in [5.74, 6) is 1.000. The van der Waals surface area contributed by atoms with Crippen LogP contribution in [0.2, 0.25) is 0 Å². The first-order valence-electron chi connectivity index (χ1n) is 6.56. The SMILES string of the molecule is C=CCN1CCOc2ccc(C(=O)CCNC)cc21. The first kappa shape index (κ1) is 13.6. The molecule has 0 atom stereocenters. The molecule has 1 heterocycles. The molecule has 1 aromatic carbocycles. The van der Waals surface area contributed by atoms with Crippen LogP contribution in [0.25, 0.3) is 0 Å². The third-order valence-corrected chi connectivity index (χ3v) is 3.19. The number of carbonyl (C=O) groups excluding carboxylic acids is 1. The van der Waals surface area contributed by atoms with Crippen molar-refractivity contribution in [3.8, 4) is 5.75 Å². The van der Waals surface area contributed by atoms with Crippen LogP contribution in [0.3, 0.4) is 0 Å². The molecule has 0 aromatic heterocycles. The van der Waals surface area contributed by atoms with Gasteiger partial charge in [0.05, 0.1) is 12.2 Å². The topological polar surface area (TPSA) is 41.6 Å². The molecule has 1 aromatic rings. The molecule has 0 unspecified atom stereocenters. The molecule has 4 heteroatoms. The highest BCUT2D eigenvalue weighted by Crippen LogP contribution is 2.32. The van der Waals surface area contributed by atoms with E-state index in [1.807, 2.05) is 31.3 Å². The molecule has 102 valence electrons. The van der Waals surface area contributed by atoms with E-state index in [-0.39, 0.29) is 5.78 Å². The van der Waals surface area contributed by atoms with Gasteiger partial charge in [-0.1, -0.05) is 6.08 Å². The van der Waals surface area contributed by atoms with E-state index in [0.717, 1.165) is 30.1 Å². The predicted molar refractivity (Wildman–Crippen MR) is 77.2 cm³/mol. The van der Waals surface area contributed by atoms with E-state index in [0.29, 0.717) is 19.6 Å². The molecule has 0 amide bonds. The Balaban J connectivity index is 2.22. The summed E-state index contributed by atoms with van der Waals surface area (Å²) in [6, 6.07) is 5.65. The Morgan fingerprint density at radius 2 is 2.42 bits per heavy atom. The van der Waals surface area contributed by atoms with Crippen LogP contribution >= 0.6 is 0 Å². The molecule has 0 saturated heterocycles. The number of Topliss-reactive ketones (excluding diaryl/α,β-unsaturated/α-hetero) is 1. The molecule has 0 radical (unpaired) electrons. The molecule has 0 fully saturated rings. The van der Waals surface area contributed by atoms with Gasteiger partial charge in [-0.2, -0.15) is 0 Å². The van der Waals surface area contributed by atoms with E-state index < -0.39 is 0 Å². The van der Waals surface area contributed by atoms with Gasteiger partial charge in [0.1, 0.15) is 12.4 Å². The van der Waals surface area contributed by atoms with Crippen molar-refractivity contribution in [1.82, 2.24) is 5.32 Å². The number of fused-ring (bicyclic) bond motifs is 1. The molecule has 0 aliphatic carbocycles. The van der Waals surface area contributed by atoms with Gasteiger partial charge in [-0.25, -0.2) is 0 Å². The third-order valence-electron chi connectivity index (χ3n) is 3.19. The fourth-order valence-electron chi connectivity index (χ4n) is 2.17. The summed E-state index contributed by atoms with van der Waals surface area (Å²) >= 11 is 0. The zero-order valence-electron chi connectivity index (χ0n) is 11.3. The lowest BCUT2D eigenvalue weighted by Crippen LogP contribution is -2.32. The predicted octanol–water partition coefficient (Wildman–Crippen LogP) is 1.86. The fraction of sp³-hybridized carbons (Fsp3) is 0.400. The lowest BCUT2D eigenvalue weighted by molar-refractivity contribution is 0.0983. The van der Waals surface area contributed by atoms with Crippen molar-refractivity contribution >= 4 is 11.5 Å². The van der Waals surface area contributed by atoms with Crippen LogP contribution in [-0.4, -0.2) is 39.1 Å². The largest absolute Gasteiger partial charge is 0.490 e. The Morgan fingerprint density at radius 3 is 3.16 bits per heavy atom. The van der Waals surface area contributed by atoms with Gasteiger partial charge in [-0.05, 0) is 25.2 Å². The number of anilines is 1. The monoisotopic (exact) mass is 260 g/mol. The molecule has 1 N–H and O–H groups in total. The summed E-state index contributed by atoms with van der Waals surface area (Å²) in [5, 5.41) is 2.99. The molecule has 0 spiro atoms. The van der Waals surface area contributed by atoms with Crippen molar-refractivity contribution in [2.75, 3.05) is 38.2 Å². The van der Waals surface area contributed by atoms with E-state index in [9.17, 15) is 4.79 Å². The van der Waals surface area contributed by atoms with E-state index in [4.69, 9.17) is 4.74 Å². The van der Waals surface area contributed by atoms with E-state index in [2.05, 4.69) is 16.8 Å². The zero-order chi connectivity index (χ0) is 13.7. The fourth-order valence-corrected chi connectivity index (χ4v) is 2.17. The van der Waals surface area contributed by atoms with E-state index >= 15 is 0 Å². The lowest BCUT2D eigenvalue weighted by atomic mass is 10.1. The van der Waals surface area contributed by atoms with Gasteiger partial charge < -0.3 is 15.0 Å². The minimum Gasteiger partial charge on any atom is -0.490 e. The van der Waals surface area contributed by atoms with Crippen molar-refractivity contribution < 1.29 is 9.53 Å². The number of carbonyl (C=O) groups is 1. The van der Waals surface area contributed by atoms with Gasteiger partial charge in [0.2, 0.25) is 0 Å². The number of hydrogen-bond donors (Lipinski definition) is 1. The standard InChI is InChI=1S/C15H20N2O2/c1-3-8-17-9-10-19-15-5-4-12(11-13(15)17)14(18)6-7-16-2/h3-5,11,16H,1,6-10H2,2H3. The average Bonchev–Trinajstić information content (AvgIpc) is 2.45. The summed E-state index contributed by atoms with van der Waals surface area (Å²) in [4.78, 5) is 14.2. The van der Waals surface area contributed by atoms with Crippen molar-refractivity contribution in [3.05, 3.63) is 36.4 Å². The Labute approximate surface area is 114 Å². The van der Waals surface area contributed by atoms with Crippen LogP contribution in [0, 0.1) is 0 Å². The van der Waals surface area contributed by atoms with Gasteiger partial charge >= 0.3 is 0 Å². The van der Waals surface area contributed by atoms with Crippen LogP contribution in [-0.2, 0) is 0 Å². The van der Waals surface area contributed by atoms with Crippen LogP contribution in [0.15, 0.2) is 30.9 Å². The number of rotatable bonds is 6. The maximum absolute atomic E-state index is 12.0. The van der Waals surface area contributed by atoms with Crippen molar-refractivity contribution in [2.45, 2.75) is 6.42 Å². The first-order chi connectivity index (χ1) is 9.26. The number of nitrogens with zero attached hydrogens (tertiary/aromatic N) is 1. The Hall–Kier alpha value is -1.81. The summed E-state index contributed by atoms with van der Waals surface area (Å²) in [5.41, 5.74) is 1.73. The van der Waals surface area contributed by atoms with Gasteiger partial charge in [-0.3, -0.25) is 4.79 Å². The third kappa shape index (κ3) is 3.15. The number of ketones is 1. The summed E-state index contributed by atoms with van der Waals surface area (Å²) < 4.78 is 5.62. The van der Waals surface area contributed by atoms with E-state index in [1.54, 1.807) is 0 Å². The lowest BCUT2D eigenvalue weighted by Gasteiger charge is -2.30. The minimum atomic E-state index is 0.154. The Morgan fingerprint density at radius 1 is 1.58 bits per heavy atom. The van der Waals surface area contributed by atoms with Gasteiger partial charge in [-0.15, -0.1) is 6.58 Å². The number of benzene rings is 1. The van der Waals surface area contributed by atoms with Crippen LogP contribution in [0.1, 0.15) is 16.8 Å². The Kier molecular flexibility index (Phi) is 4.58. The molecular formula is C15H20N2O2. The molecule has 0 bridgehead atoms. The second-order valence-corrected chi connectivity index (χ2v) is 4.54. The van der Waals surface area contributed by atoms with Crippen LogP contribution in [0.4, 0.5) is 5.69 Å². The van der Waals surface area contributed by atoms with Gasteiger partial charge in [0.15, 0.2) is 5.78 Å². The average molecular weight is 260 g/mol. The summed E-state index contributed by atoms with van der Waals surface area (Å²) in [7, 11) is 1.85. The molecule has 19 heavy (non-hydrogen) atoms.